The van der Waals surface area contributed by atoms with Crippen LogP contribution in [0.15, 0.2) is 30.5 Å². The highest BCUT2D eigenvalue weighted by atomic mass is 15.1. The van der Waals surface area contributed by atoms with Gasteiger partial charge in [-0.05, 0) is 29.8 Å². The number of aromatic amines is 1. The Bertz CT molecular complexity index is 666. The Labute approximate surface area is 128 Å². The van der Waals surface area contributed by atoms with Gasteiger partial charge >= 0.3 is 0 Å². The fraction of sp³-hybridized carbons (Fsp3) is 0.556. The lowest BCUT2D eigenvalue weighted by Crippen LogP contribution is -2.33. The number of hydrogen-bond acceptors (Lipinski definition) is 1. The van der Waals surface area contributed by atoms with Crippen molar-refractivity contribution in [1.82, 2.24) is 9.88 Å². The topological polar surface area (TPSA) is 19.0 Å². The number of H-pyrrole nitrogens is 1. The van der Waals surface area contributed by atoms with Crippen LogP contribution in [0.1, 0.15) is 38.7 Å². The van der Waals surface area contributed by atoms with E-state index in [1.54, 1.807) is 11.1 Å². The van der Waals surface area contributed by atoms with E-state index in [4.69, 9.17) is 5.48 Å². The van der Waals surface area contributed by atoms with Crippen LogP contribution in [-0.4, -0.2) is 29.5 Å². The molecule has 0 saturated heterocycles. The number of fused-ring (bicyclic) bond motifs is 1. The van der Waals surface area contributed by atoms with Crippen LogP contribution in [0, 0.1) is 11.8 Å². The first-order valence-electron chi connectivity index (χ1n) is 9.39. The van der Waals surface area contributed by atoms with Crippen LogP contribution >= 0.6 is 0 Å². The number of hydrogen-bond donors (Lipinski definition) is 1. The number of nitrogens with zero attached hydrogens (tertiary/aromatic N) is 1. The quantitative estimate of drug-likeness (QED) is 0.797. The molecule has 110 valence electrons. The number of benzene rings is 1. The Kier molecular flexibility index (Phi) is 3.62. The van der Waals surface area contributed by atoms with Crippen LogP contribution in [0.4, 0.5) is 0 Å². The Morgan fingerprint density at radius 3 is 2.40 bits per heavy atom. The fourth-order valence-electron chi connectivity index (χ4n) is 2.36. The molecule has 1 N–H and O–H groups in total. The molecule has 2 nitrogen and oxygen atoms in total. The Balaban J connectivity index is 2.46. The highest BCUT2D eigenvalue weighted by Crippen LogP contribution is 2.18. The number of para-hydroxylation sites is 1. The molecule has 0 aliphatic rings. The minimum Gasteiger partial charge on any atom is -0.361 e. The molecule has 2 heteroatoms. The minimum atomic E-state index is -2.13. The average molecular weight is 276 g/mol. The lowest BCUT2D eigenvalue weighted by Gasteiger charge is -2.26. The lowest BCUT2D eigenvalue weighted by molar-refractivity contribution is 0.222. The Morgan fingerprint density at radius 1 is 1.10 bits per heavy atom. The number of aromatic nitrogens is 1. The molecule has 0 spiro atoms. The summed E-state index contributed by atoms with van der Waals surface area (Å²) in [4.78, 5) is 4.72. The van der Waals surface area contributed by atoms with Crippen molar-refractivity contribution in [2.24, 2.45) is 11.8 Å². The average Bonchev–Trinajstić information content (AvgIpc) is 2.89. The van der Waals surface area contributed by atoms with Gasteiger partial charge in [-0.3, -0.25) is 0 Å². The van der Waals surface area contributed by atoms with Crippen LogP contribution in [0.3, 0.4) is 0 Å². The fourth-order valence-corrected chi connectivity index (χ4v) is 2.36. The predicted molar refractivity (Wildman–Crippen MR) is 88.1 cm³/mol. The van der Waals surface area contributed by atoms with Crippen LogP contribution < -0.4 is 0 Å². The van der Waals surface area contributed by atoms with Crippen LogP contribution in [0.25, 0.3) is 10.9 Å². The summed E-state index contributed by atoms with van der Waals surface area (Å²) in [5, 5.41) is 0.736. The predicted octanol–water partition coefficient (Wildman–Crippen LogP) is 4.32. The second-order valence-corrected chi connectivity index (χ2v) is 6.18. The third-order valence-corrected chi connectivity index (χ3v) is 3.11. The smallest absolute Gasteiger partial charge is 0.0456 e. The Morgan fingerprint density at radius 2 is 1.75 bits per heavy atom. The lowest BCUT2D eigenvalue weighted by atomic mass is 10.1. The molecule has 0 unspecified atom stereocenters. The largest absolute Gasteiger partial charge is 0.361 e. The normalized spacial score (nSPS) is 16.6. The van der Waals surface area contributed by atoms with Gasteiger partial charge in [-0.2, -0.15) is 0 Å². The molecule has 0 amide bonds. The first-order valence-corrected chi connectivity index (χ1v) is 7.39. The minimum absolute atomic E-state index is 0.262. The molecule has 1 aromatic carbocycles. The molecule has 0 bridgehead atoms. The molecule has 0 aliphatic heterocycles. The maximum absolute atomic E-state index is 8.63. The number of aryl methyl sites for hydroxylation is 1. The third-order valence-electron chi connectivity index (χ3n) is 3.11. The summed E-state index contributed by atoms with van der Waals surface area (Å²) >= 11 is 0. The van der Waals surface area contributed by atoms with E-state index in [9.17, 15) is 0 Å². The number of nitrogens with one attached hydrogen (secondary N) is 1. The molecule has 2 aromatic rings. The summed E-state index contributed by atoms with van der Waals surface area (Å²) in [6, 6.07) is 7.46. The molecular weight excluding hydrogens is 244 g/mol. The molecule has 0 atom stereocenters. The summed E-state index contributed by atoms with van der Waals surface area (Å²) < 4.78 is 34.5. The molecule has 1 heterocycles. The molecule has 2 rings (SSSR count). The van der Waals surface area contributed by atoms with Crippen molar-refractivity contribution in [2.45, 2.75) is 34.1 Å². The molecular formula is C18H28N2. The zero-order valence-electron chi connectivity index (χ0n) is 16.9. The van der Waals surface area contributed by atoms with E-state index in [0.29, 0.717) is 18.7 Å². The maximum Gasteiger partial charge on any atom is 0.0456 e. The van der Waals surface area contributed by atoms with Crippen molar-refractivity contribution >= 4 is 10.9 Å². The van der Waals surface area contributed by atoms with Crippen molar-refractivity contribution in [3.63, 3.8) is 0 Å². The second kappa shape index (κ2) is 6.94. The zero-order valence-corrected chi connectivity index (χ0v) is 12.9. The van der Waals surface area contributed by atoms with Crippen molar-refractivity contribution in [3.8, 4) is 0 Å². The third kappa shape index (κ3) is 4.11. The maximum atomic E-state index is 8.63. The Hall–Kier alpha value is -1.28. The van der Waals surface area contributed by atoms with Gasteiger partial charge in [0, 0.05) is 42.2 Å². The van der Waals surface area contributed by atoms with Crippen LogP contribution in [0.2, 0.25) is 0 Å². The van der Waals surface area contributed by atoms with E-state index in [0.717, 1.165) is 10.9 Å². The van der Waals surface area contributed by atoms with Gasteiger partial charge in [0.25, 0.3) is 0 Å². The monoisotopic (exact) mass is 276 g/mol. The zero-order chi connectivity index (χ0) is 18.1. The summed E-state index contributed by atoms with van der Waals surface area (Å²) in [6.07, 6.45) is -0.526. The first kappa shape index (κ1) is 10.4. The van der Waals surface area contributed by atoms with E-state index < -0.39 is 12.9 Å². The van der Waals surface area contributed by atoms with Crippen molar-refractivity contribution in [1.29, 1.82) is 0 Å². The highest BCUT2D eigenvalue weighted by Gasteiger charge is 2.11. The molecule has 20 heavy (non-hydrogen) atoms. The molecule has 0 saturated carbocycles. The van der Waals surface area contributed by atoms with Gasteiger partial charge in [0.05, 0.1) is 0 Å². The molecule has 0 radical (unpaired) electrons. The van der Waals surface area contributed by atoms with Crippen molar-refractivity contribution in [3.05, 3.63) is 36.0 Å². The van der Waals surface area contributed by atoms with Gasteiger partial charge in [0.2, 0.25) is 0 Å². The van der Waals surface area contributed by atoms with E-state index in [2.05, 4.69) is 4.98 Å². The van der Waals surface area contributed by atoms with Crippen LogP contribution in [-0.2, 0) is 6.37 Å². The van der Waals surface area contributed by atoms with Crippen molar-refractivity contribution < 1.29 is 5.48 Å². The van der Waals surface area contributed by atoms with E-state index in [1.807, 2.05) is 52.0 Å². The second-order valence-electron chi connectivity index (χ2n) is 6.18. The van der Waals surface area contributed by atoms with Gasteiger partial charge in [0.1, 0.15) is 0 Å². The first-order chi connectivity index (χ1) is 11.1. The summed E-state index contributed by atoms with van der Waals surface area (Å²) in [5.41, 5.74) is 1.20. The van der Waals surface area contributed by atoms with E-state index >= 15 is 0 Å². The van der Waals surface area contributed by atoms with Crippen molar-refractivity contribution in [2.75, 3.05) is 19.6 Å². The molecule has 0 fully saturated rings. The molecule has 0 aliphatic carbocycles. The SMILES string of the molecule is [2H]C([2H])(c1c[nH]c2ccccc12)C([2H])([2H])N(CC(C)C)CC(C)C. The standard InChI is InChI=1S/C18H28N2/c1-14(2)12-20(13-15(3)4)10-9-16-11-19-18-8-6-5-7-17(16)18/h5-8,11,14-15,19H,9-10,12-13H2,1-4H3/i9D2,10D2. The van der Waals surface area contributed by atoms with Gasteiger partial charge in [-0.25, -0.2) is 0 Å². The molecule has 1 aromatic heterocycles. The van der Waals surface area contributed by atoms with E-state index in [-0.39, 0.29) is 11.8 Å². The van der Waals surface area contributed by atoms with Gasteiger partial charge in [-0.15, -0.1) is 0 Å². The van der Waals surface area contributed by atoms with Crippen LogP contribution in [0.5, 0.6) is 0 Å². The van der Waals surface area contributed by atoms with Gasteiger partial charge in [-0.1, -0.05) is 45.9 Å². The highest BCUT2D eigenvalue weighted by molar-refractivity contribution is 5.83. The van der Waals surface area contributed by atoms with Gasteiger partial charge in [0.15, 0.2) is 0 Å². The summed E-state index contributed by atoms with van der Waals surface area (Å²) in [6.45, 7) is 7.07. The summed E-state index contributed by atoms with van der Waals surface area (Å²) in [5.74, 6) is 0.523. The summed E-state index contributed by atoms with van der Waals surface area (Å²) in [7, 11) is 0. The van der Waals surface area contributed by atoms with Gasteiger partial charge < -0.3 is 9.88 Å². The van der Waals surface area contributed by atoms with E-state index in [1.165, 1.54) is 0 Å². The number of rotatable bonds is 7.